The number of hydrogen-bond donors (Lipinski definition) is 1. The van der Waals surface area contributed by atoms with Crippen molar-refractivity contribution in [1.82, 2.24) is 10.2 Å². The fraction of sp³-hybridized carbons (Fsp3) is 0.312. The fourth-order valence-electron chi connectivity index (χ4n) is 1.82. The lowest BCUT2D eigenvalue weighted by molar-refractivity contribution is -0.116. The molecule has 1 N–H and O–H groups in total. The Kier molecular flexibility index (Phi) is 7.55. The average Bonchev–Trinajstić information content (AvgIpc) is 2.98. The maximum Gasteiger partial charge on any atom is 0.226 e. The second-order valence-corrected chi connectivity index (χ2v) is 7.56. The molecule has 128 valence electrons. The molecule has 0 atom stereocenters. The molecule has 0 bridgehead atoms. The first-order chi connectivity index (χ1) is 11.6. The number of aryl methyl sites for hydroxylation is 1. The summed E-state index contributed by atoms with van der Waals surface area (Å²) in [6.07, 6.45) is 2.78. The van der Waals surface area contributed by atoms with Crippen LogP contribution in [0.15, 0.2) is 35.2 Å². The van der Waals surface area contributed by atoms with Gasteiger partial charge >= 0.3 is 0 Å². The predicted octanol–water partition coefficient (Wildman–Crippen LogP) is 4.58. The van der Waals surface area contributed by atoms with E-state index in [1.807, 2.05) is 19.1 Å². The number of hydrogen-bond acceptors (Lipinski definition) is 6. The number of rotatable bonds is 9. The number of benzene rings is 1. The second kappa shape index (κ2) is 9.66. The van der Waals surface area contributed by atoms with Crippen molar-refractivity contribution in [3.8, 4) is 5.75 Å². The number of carbonyl (C=O) groups is 1. The molecule has 0 aliphatic carbocycles. The third-order valence-corrected chi connectivity index (χ3v) is 5.12. The summed E-state index contributed by atoms with van der Waals surface area (Å²) in [5.74, 6) is 1.46. The van der Waals surface area contributed by atoms with E-state index in [1.165, 1.54) is 23.1 Å². The maximum absolute atomic E-state index is 11.9. The molecule has 1 aromatic carbocycles. The molecule has 2 rings (SSSR count). The number of amides is 1. The first-order valence-corrected chi connectivity index (χ1v) is 9.52. The zero-order valence-corrected chi connectivity index (χ0v) is 15.6. The molecule has 1 amide bonds. The van der Waals surface area contributed by atoms with Crippen LogP contribution in [-0.4, -0.2) is 28.5 Å². The highest BCUT2D eigenvalue weighted by molar-refractivity contribution is 8.01. The van der Waals surface area contributed by atoms with Crippen LogP contribution in [0, 0.1) is 6.92 Å². The van der Waals surface area contributed by atoms with Gasteiger partial charge in [-0.05, 0) is 37.1 Å². The molecular formula is C16H18ClN3O2S2. The van der Waals surface area contributed by atoms with Gasteiger partial charge in [-0.3, -0.25) is 4.79 Å². The van der Waals surface area contributed by atoms with Gasteiger partial charge in [0.05, 0.1) is 6.61 Å². The SMILES string of the molecule is C=CCSc1nnc(NC(=O)CCCOc2ccc(Cl)cc2C)s1. The van der Waals surface area contributed by atoms with Crippen molar-refractivity contribution in [1.29, 1.82) is 0 Å². The van der Waals surface area contributed by atoms with Crippen molar-refractivity contribution < 1.29 is 9.53 Å². The van der Waals surface area contributed by atoms with E-state index in [4.69, 9.17) is 16.3 Å². The molecule has 1 heterocycles. The van der Waals surface area contributed by atoms with Gasteiger partial charge in [-0.2, -0.15) is 0 Å². The summed E-state index contributed by atoms with van der Waals surface area (Å²) >= 11 is 8.80. The summed E-state index contributed by atoms with van der Waals surface area (Å²) < 4.78 is 6.48. The third kappa shape index (κ3) is 6.14. The summed E-state index contributed by atoms with van der Waals surface area (Å²) in [5, 5.41) is 11.9. The molecule has 8 heteroatoms. The largest absolute Gasteiger partial charge is 0.493 e. The summed E-state index contributed by atoms with van der Waals surface area (Å²) in [5.41, 5.74) is 0.977. The van der Waals surface area contributed by atoms with Crippen LogP contribution >= 0.6 is 34.7 Å². The minimum atomic E-state index is -0.0946. The predicted molar refractivity (Wildman–Crippen MR) is 100 cm³/mol. The topological polar surface area (TPSA) is 64.1 Å². The molecule has 0 aliphatic heterocycles. The quantitative estimate of drug-likeness (QED) is 0.297. The highest BCUT2D eigenvalue weighted by Crippen LogP contribution is 2.25. The summed E-state index contributed by atoms with van der Waals surface area (Å²) in [7, 11) is 0. The van der Waals surface area contributed by atoms with E-state index in [1.54, 1.807) is 12.1 Å². The number of nitrogens with one attached hydrogen (secondary N) is 1. The molecule has 0 saturated heterocycles. The molecule has 24 heavy (non-hydrogen) atoms. The molecule has 1 aromatic heterocycles. The minimum Gasteiger partial charge on any atom is -0.493 e. The van der Waals surface area contributed by atoms with Crippen LogP contribution in [0.5, 0.6) is 5.75 Å². The van der Waals surface area contributed by atoms with Crippen LogP contribution in [0.3, 0.4) is 0 Å². The Morgan fingerprint density at radius 2 is 2.33 bits per heavy atom. The van der Waals surface area contributed by atoms with Gasteiger partial charge in [0.25, 0.3) is 0 Å². The minimum absolute atomic E-state index is 0.0946. The Balaban J connectivity index is 1.69. The van der Waals surface area contributed by atoms with Gasteiger partial charge in [-0.25, -0.2) is 0 Å². The van der Waals surface area contributed by atoms with E-state index >= 15 is 0 Å². The monoisotopic (exact) mass is 383 g/mol. The van der Waals surface area contributed by atoms with Crippen molar-refractivity contribution in [2.45, 2.75) is 24.1 Å². The first-order valence-electron chi connectivity index (χ1n) is 7.34. The number of carbonyl (C=O) groups excluding carboxylic acids is 1. The number of thioether (sulfide) groups is 1. The Morgan fingerprint density at radius 1 is 1.50 bits per heavy atom. The van der Waals surface area contributed by atoms with Crippen molar-refractivity contribution in [2.24, 2.45) is 0 Å². The lowest BCUT2D eigenvalue weighted by atomic mass is 10.2. The third-order valence-electron chi connectivity index (χ3n) is 2.92. The van der Waals surface area contributed by atoms with Gasteiger partial charge in [0, 0.05) is 17.2 Å². The van der Waals surface area contributed by atoms with Gasteiger partial charge in [-0.1, -0.05) is 40.8 Å². The van der Waals surface area contributed by atoms with Crippen molar-refractivity contribution in [3.63, 3.8) is 0 Å². The van der Waals surface area contributed by atoms with Crippen molar-refractivity contribution in [3.05, 3.63) is 41.4 Å². The molecule has 0 radical (unpaired) electrons. The molecule has 2 aromatic rings. The lowest BCUT2D eigenvalue weighted by Crippen LogP contribution is -2.12. The number of nitrogens with zero attached hydrogens (tertiary/aromatic N) is 2. The molecule has 5 nitrogen and oxygen atoms in total. The Hall–Kier alpha value is -1.57. The highest BCUT2D eigenvalue weighted by Gasteiger charge is 2.08. The molecule has 0 spiro atoms. The molecule has 0 saturated carbocycles. The fourth-order valence-corrected chi connectivity index (χ4v) is 3.58. The average molecular weight is 384 g/mol. The lowest BCUT2D eigenvalue weighted by Gasteiger charge is -2.09. The molecular weight excluding hydrogens is 366 g/mol. The number of halogens is 1. The van der Waals surface area contributed by atoms with Crippen LogP contribution < -0.4 is 10.1 Å². The molecule has 0 aliphatic rings. The van der Waals surface area contributed by atoms with Gasteiger partial charge in [0.1, 0.15) is 5.75 Å². The molecule has 0 unspecified atom stereocenters. The van der Waals surface area contributed by atoms with E-state index in [2.05, 4.69) is 22.1 Å². The van der Waals surface area contributed by atoms with Crippen molar-refractivity contribution in [2.75, 3.05) is 17.7 Å². The normalized spacial score (nSPS) is 10.4. The summed E-state index contributed by atoms with van der Waals surface area (Å²) in [6, 6.07) is 5.47. The Bertz CT molecular complexity index is 706. The smallest absolute Gasteiger partial charge is 0.226 e. The standard InChI is InChI=1S/C16H18ClN3O2S2/c1-3-9-23-16-20-19-15(24-16)18-14(21)5-4-8-22-13-7-6-12(17)10-11(13)2/h3,6-7,10H,1,4-5,8-9H2,2H3,(H,18,19,21). The maximum atomic E-state index is 11.9. The van der Waals surface area contributed by atoms with Crippen LogP contribution in [0.25, 0.3) is 0 Å². The number of aromatic nitrogens is 2. The van der Waals surface area contributed by atoms with E-state index in [0.29, 0.717) is 29.6 Å². The Morgan fingerprint density at radius 3 is 3.08 bits per heavy atom. The first kappa shape index (κ1) is 18.8. The number of anilines is 1. The molecule has 0 fully saturated rings. The highest BCUT2D eigenvalue weighted by atomic mass is 35.5. The van der Waals surface area contributed by atoms with E-state index in [9.17, 15) is 4.79 Å². The summed E-state index contributed by atoms with van der Waals surface area (Å²) in [4.78, 5) is 11.9. The van der Waals surface area contributed by atoms with E-state index in [0.717, 1.165) is 21.4 Å². The summed E-state index contributed by atoms with van der Waals surface area (Å²) in [6.45, 7) is 6.05. The van der Waals surface area contributed by atoms with Crippen LogP contribution in [-0.2, 0) is 4.79 Å². The van der Waals surface area contributed by atoms with Crippen LogP contribution in [0.4, 0.5) is 5.13 Å². The van der Waals surface area contributed by atoms with Gasteiger partial charge in [0.15, 0.2) is 4.34 Å². The van der Waals surface area contributed by atoms with Crippen LogP contribution in [0.1, 0.15) is 18.4 Å². The second-order valence-electron chi connectivity index (χ2n) is 4.88. The Labute approximate surface area is 154 Å². The van der Waals surface area contributed by atoms with E-state index in [-0.39, 0.29) is 5.91 Å². The van der Waals surface area contributed by atoms with Gasteiger partial charge < -0.3 is 10.1 Å². The zero-order chi connectivity index (χ0) is 17.4. The van der Waals surface area contributed by atoms with E-state index < -0.39 is 0 Å². The van der Waals surface area contributed by atoms with Gasteiger partial charge in [0.2, 0.25) is 11.0 Å². The zero-order valence-electron chi connectivity index (χ0n) is 13.3. The van der Waals surface area contributed by atoms with Crippen LogP contribution in [0.2, 0.25) is 5.02 Å². The number of ether oxygens (including phenoxy) is 1. The van der Waals surface area contributed by atoms with Crippen molar-refractivity contribution >= 4 is 45.7 Å². The van der Waals surface area contributed by atoms with Gasteiger partial charge in [-0.15, -0.1) is 16.8 Å².